The molecule has 0 aromatic heterocycles. The Bertz CT molecular complexity index is 497. The third-order valence-electron chi connectivity index (χ3n) is 2.44. The van der Waals surface area contributed by atoms with E-state index in [1.54, 1.807) is 6.92 Å². The Morgan fingerprint density at radius 3 is 2.76 bits per heavy atom. The maximum atomic E-state index is 13.3. The zero-order valence-corrected chi connectivity index (χ0v) is 12.5. The van der Waals surface area contributed by atoms with Crippen molar-refractivity contribution in [2.24, 2.45) is 0 Å². The van der Waals surface area contributed by atoms with E-state index in [4.69, 9.17) is 4.74 Å². The monoisotopic (exact) mass is 317 g/mol. The first kappa shape index (κ1) is 17.4. The molecule has 0 bridgehead atoms. The SMILES string of the molecule is CCOC(=O)CCCNC(=O)CSc1ccc(F)cc1F. The minimum atomic E-state index is -0.685. The number of ether oxygens (including phenoxy) is 1. The summed E-state index contributed by atoms with van der Waals surface area (Å²) in [5, 5.41) is 2.62. The highest BCUT2D eigenvalue weighted by Crippen LogP contribution is 2.21. The quantitative estimate of drug-likeness (QED) is 0.455. The molecule has 1 aromatic carbocycles. The summed E-state index contributed by atoms with van der Waals surface area (Å²) in [5.74, 6) is -1.88. The van der Waals surface area contributed by atoms with Crippen molar-refractivity contribution in [3.63, 3.8) is 0 Å². The molecule has 0 fully saturated rings. The Balaban J connectivity index is 2.21. The van der Waals surface area contributed by atoms with Crippen molar-refractivity contribution < 1.29 is 23.1 Å². The molecular weight excluding hydrogens is 300 g/mol. The van der Waals surface area contributed by atoms with Crippen molar-refractivity contribution >= 4 is 23.6 Å². The van der Waals surface area contributed by atoms with Crippen LogP contribution in [0.2, 0.25) is 0 Å². The smallest absolute Gasteiger partial charge is 0.305 e. The molecule has 0 aliphatic carbocycles. The third kappa shape index (κ3) is 7.08. The van der Waals surface area contributed by atoms with E-state index >= 15 is 0 Å². The van der Waals surface area contributed by atoms with Crippen LogP contribution in [0.25, 0.3) is 0 Å². The molecule has 0 spiro atoms. The molecule has 0 radical (unpaired) electrons. The second kappa shape index (κ2) is 9.33. The molecule has 0 unspecified atom stereocenters. The molecule has 4 nitrogen and oxygen atoms in total. The minimum Gasteiger partial charge on any atom is -0.466 e. The highest BCUT2D eigenvalue weighted by Gasteiger charge is 2.08. The Morgan fingerprint density at radius 2 is 2.10 bits per heavy atom. The van der Waals surface area contributed by atoms with Crippen LogP contribution < -0.4 is 5.32 Å². The first-order chi connectivity index (χ1) is 10.0. The van der Waals surface area contributed by atoms with Crippen LogP contribution in [0.4, 0.5) is 8.78 Å². The molecule has 0 heterocycles. The summed E-state index contributed by atoms with van der Waals surface area (Å²) >= 11 is 0.991. The van der Waals surface area contributed by atoms with Gasteiger partial charge in [0.15, 0.2) is 0 Å². The maximum absolute atomic E-state index is 13.3. The van der Waals surface area contributed by atoms with Gasteiger partial charge in [-0.3, -0.25) is 9.59 Å². The van der Waals surface area contributed by atoms with Gasteiger partial charge in [-0.25, -0.2) is 8.78 Å². The Labute approximate surface area is 126 Å². The second-order valence-corrected chi connectivity index (χ2v) is 5.14. The number of carbonyl (C=O) groups is 2. The summed E-state index contributed by atoms with van der Waals surface area (Å²) in [5.41, 5.74) is 0. The fraction of sp³-hybridized carbons (Fsp3) is 0.429. The highest BCUT2D eigenvalue weighted by atomic mass is 32.2. The van der Waals surface area contributed by atoms with Gasteiger partial charge in [0.05, 0.1) is 12.4 Å². The van der Waals surface area contributed by atoms with Crippen LogP contribution in [0.1, 0.15) is 19.8 Å². The van der Waals surface area contributed by atoms with Crippen LogP contribution in [-0.2, 0) is 14.3 Å². The largest absolute Gasteiger partial charge is 0.466 e. The molecule has 1 N–H and O–H groups in total. The molecular formula is C14H17F2NO3S. The van der Waals surface area contributed by atoms with Crippen molar-refractivity contribution in [1.82, 2.24) is 5.32 Å². The number of hydrogen-bond donors (Lipinski definition) is 1. The third-order valence-corrected chi connectivity index (χ3v) is 3.49. The van der Waals surface area contributed by atoms with E-state index < -0.39 is 11.6 Å². The predicted octanol–water partition coefficient (Wildman–Crippen LogP) is 2.52. The van der Waals surface area contributed by atoms with Gasteiger partial charge in [-0.15, -0.1) is 11.8 Å². The summed E-state index contributed by atoms with van der Waals surface area (Å²) in [6, 6.07) is 3.21. The first-order valence-electron chi connectivity index (χ1n) is 6.53. The zero-order chi connectivity index (χ0) is 15.7. The highest BCUT2D eigenvalue weighted by molar-refractivity contribution is 8.00. The number of nitrogens with one attached hydrogen (secondary N) is 1. The van der Waals surface area contributed by atoms with Gasteiger partial charge in [0.25, 0.3) is 0 Å². The first-order valence-corrected chi connectivity index (χ1v) is 7.51. The average Bonchev–Trinajstić information content (AvgIpc) is 2.43. The fourth-order valence-electron chi connectivity index (χ4n) is 1.48. The number of hydrogen-bond acceptors (Lipinski definition) is 4. The van der Waals surface area contributed by atoms with Crippen LogP contribution in [0.15, 0.2) is 23.1 Å². The normalized spacial score (nSPS) is 10.2. The average molecular weight is 317 g/mol. The second-order valence-electron chi connectivity index (χ2n) is 4.12. The molecule has 1 rings (SSSR count). The molecule has 21 heavy (non-hydrogen) atoms. The zero-order valence-electron chi connectivity index (χ0n) is 11.7. The molecule has 116 valence electrons. The van der Waals surface area contributed by atoms with Crippen molar-refractivity contribution in [3.8, 4) is 0 Å². The lowest BCUT2D eigenvalue weighted by Crippen LogP contribution is -2.26. The number of rotatable bonds is 8. The van der Waals surface area contributed by atoms with Gasteiger partial charge in [-0.05, 0) is 25.5 Å². The molecule has 0 aliphatic heterocycles. The van der Waals surface area contributed by atoms with Crippen molar-refractivity contribution in [1.29, 1.82) is 0 Å². The van der Waals surface area contributed by atoms with E-state index in [9.17, 15) is 18.4 Å². The molecule has 7 heteroatoms. The molecule has 0 saturated carbocycles. The number of esters is 1. The predicted molar refractivity (Wildman–Crippen MR) is 76.0 cm³/mol. The van der Waals surface area contributed by atoms with Gasteiger partial charge in [-0.2, -0.15) is 0 Å². The molecule has 1 amide bonds. The van der Waals surface area contributed by atoms with Crippen LogP contribution in [0, 0.1) is 11.6 Å². The van der Waals surface area contributed by atoms with E-state index in [0.29, 0.717) is 19.6 Å². The van der Waals surface area contributed by atoms with Gasteiger partial charge in [0, 0.05) is 23.9 Å². The van der Waals surface area contributed by atoms with Crippen LogP contribution in [-0.4, -0.2) is 30.8 Å². The molecule has 0 saturated heterocycles. The van der Waals surface area contributed by atoms with Crippen LogP contribution in [0.5, 0.6) is 0 Å². The van der Waals surface area contributed by atoms with Crippen LogP contribution >= 0.6 is 11.8 Å². The standard InChI is InChI=1S/C14H17F2NO3S/c1-2-20-14(19)4-3-7-17-13(18)9-21-12-6-5-10(15)8-11(12)16/h5-6,8H,2-4,7,9H2,1H3,(H,17,18). The van der Waals surface area contributed by atoms with Crippen molar-refractivity contribution in [2.45, 2.75) is 24.7 Å². The van der Waals surface area contributed by atoms with Gasteiger partial charge in [0.2, 0.25) is 5.91 Å². The van der Waals surface area contributed by atoms with E-state index in [-0.39, 0.29) is 28.9 Å². The molecule has 1 aromatic rings. The lowest BCUT2D eigenvalue weighted by atomic mass is 10.3. The minimum absolute atomic E-state index is 0.0297. The molecule has 0 atom stereocenters. The Hall–Kier alpha value is -1.63. The van der Waals surface area contributed by atoms with E-state index in [1.807, 2.05) is 0 Å². The van der Waals surface area contributed by atoms with E-state index in [1.165, 1.54) is 6.07 Å². The van der Waals surface area contributed by atoms with E-state index in [2.05, 4.69) is 5.32 Å². The van der Waals surface area contributed by atoms with Gasteiger partial charge in [0.1, 0.15) is 11.6 Å². The summed E-state index contributed by atoms with van der Waals surface area (Å²) in [6.45, 7) is 2.42. The maximum Gasteiger partial charge on any atom is 0.305 e. The topological polar surface area (TPSA) is 55.4 Å². The number of benzene rings is 1. The summed E-state index contributed by atoms with van der Waals surface area (Å²) < 4.78 is 30.8. The van der Waals surface area contributed by atoms with Gasteiger partial charge in [-0.1, -0.05) is 0 Å². The van der Waals surface area contributed by atoms with Crippen LogP contribution in [0.3, 0.4) is 0 Å². The lowest BCUT2D eigenvalue weighted by molar-refractivity contribution is -0.143. The molecule has 0 aliphatic rings. The summed E-state index contributed by atoms with van der Waals surface area (Å²) in [6.07, 6.45) is 0.730. The number of halogens is 2. The number of carbonyl (C=O) groups excluding carboxylic acids is 2. The number of thioether (sulfide) groups is 1. The van der Waals surface area contributed by atoms with E-state index in [0.717, 1.165) is 23.9 Å². The van der Waals surface area contributed by atoms with Crippen molar-refractivity contribution in [3.05, 3.63) is 29.8 Å². The summed E-state index contributed by atoms with van der Waals surface area (Å²) in [4.78, 5) is 22.8. The van der Waals surface area contributed by atoms with Gasteiger partial charge < -0.3 is 10.1 Å². The Kier molecular flexibility index (Phi) is 7.74. The lowest BCUT2D eigenvalue weighted by Gasteiger charge is -2.06. The van der Waals surface area contributed by atoms with Gasteiger partial charge >= 0.3 is 5.97 Å². The van der Waals surface area contributed by atoms with Crippen molar-refractivity contribution in [2.75, 3.05) is 18.9 Å². The summed E-state index contributed by atoms with van der Waals surface area (Å²) in [7, 11) is 0. The number of amides is 1. The fourth-order valence-corrected chi connectivity index (χ4v) is 2.23. The Morgan fingerprint density at radius 1 is 1.33 bits per heavy atom.